The second-order valence-corrected chi connectivity index (χ2v) is 5.35. The number of para-hydroxylation sites is 2. The van der Waals surface area contributed by atoms with Crippen molar-refractivity contribution in [3.8, 4) is 5.75 Å². The second-order valence-electron chi connectivity index (χ2n) is 5.35. The number of nitrogens with zero attached hydrogens (tertiary/aromatic N) is 2. The van der Waals surface area contributed by atoms with Crippen molar-refractivity contribution < 1.29 is 4.74 Å². The topological polar surface area (TPSA) is 39.1 Å². The van der Waals surface area contributed by atoms with Crippen LogP contribution in [-0.2, 0) is 20.0 Å². The summed E-state index contributed by atoms with van der Waals surface area (Å²) < 4.78 is 7.67. The van der Waals surface area contributed by atoms with E-state index in [0.717, 1.165) is 41.3 Å². The van der Waals surface area contributed by atoms with Crippen molar-refractivity contribution in [1.82, 2.24) is 9.55 Å². The van der Waals surface area contributed by atoms with Gasteiger partial charge in [-0.25, -0.2) is 4.98 Å². The normalized spacial score (nSPS) is 13.2. The molecule has 3 aromatic rings. The van der Waals surface area contributed by atoms with E-state index >= 15 is 0 Å². The summed E-state index contributed by atoms with van der Waals surface area (Å²) >= 11 is 0. The van der Waals surface area contributed by atoms with Crippen molar-refractivity contribution in [3.63, 3.8) is 0 Å². The molecule has 1 N–H and O–H groups in total. The van der Waals surface area contributed by atoms with Crippen molar-refractivity contribution in [2.75, 3.05) is 11.9 Å². The number of aryl methyl sites for hydroxylation is 1. The molecule has 1 aliphatic rings. The quantitative estimate of drug-likeness (QED) is 0.800. The Hall–Kier alpha value is -2.49. The molecule has 4 nitrogen and oxygen atoms in total. The van der Waals surface area contributed by atoms with E-state index in [1.165, 1.54) is 5.56 Å². The molecule has 4 rings (SSSR count). The molecule has 0 spiro atoms. The minimum atomic E-state index is 0.713. The van der Waals surface area contributed by atoms with E-state index in [2.05, 4.69) is 40.1 Å². The zero-order valence-corrected chi connectivity index (χ0v) is 12.0. The van der Waals surface area contributed by atoms with Gasteiger partial charge in [0, 0.05) is 19.2 Å². The Bertz CT molecular complexity index is 807. The molecule has 2 aromatic carbocycles. The van der Waals surface area contributed by atoms with Crippen LogP contribution < -0.4 is 10.1 Å². The third kappa shape index (κ3) is 2.13. The van der Waals surface area contributed by atoms with E-state index in [0.29, 0.717) is 6.54 Å². The minimum Gasteiger partial charge on any atom is -0.493 e. The summed E-state index contributed by atoms with van der Waals surface area (Å²) in [6, 6.07) is 14.5. The number of fused-ring (bicyclic) bond motifs is 2. The first kappa shape index (κ1) is 12.3. The van der Waals surface area contributed by atoms with Gasteiger partial charge in [-0.05, 0) is 35.9 Å². The molecule has 0 amide bonds. The number of hydrogen-bond acceptors (Lipinski definition) is 3. The first-order chi connectivity index (χ1) is 10.3. The molecule has 0 atom stereocenters. The molecule has 0 unspecified atom stereocenters. The molecule has 1 aromatic heterocycles. The van der Waals surface area contributed by atoms with Crippen LogP contribution in [0.4, 0.5) is 5.69 Å². The molecule has 0 radical (unpaired) electrons. The fourth-order valence-corrected chi connectivity index (χ4v) is 2.83. The predicted octanol–water partition coefficient (Wildman–Crippen LogP) is 3.12. The van der Waals surface area contributed by atoms with Gasteiger partial charge in [-0.3, -0.25) is 0 Å². The van der Waals surface area contributed by atoms with Gasteiger partial charge in [-0.15, -0.1) is 0 Å². The van der Waals surface area contributed by atoms with Crippen LogP contribution in [0.3, 0.4) is 0 Å². The molecule has 4 heteroatoms. The summed E-state index contributed by atoms with van der Waals surface area (Å²) in [6.07, 6.45) is 0.997. The van der Waals surface area contributed by atoms with Crippen LogP contribution in [0.2, 0.25) is 0 Å². The highest BCUT2D eigenvalue weighted by Gasteiger charge is 2.12. The molecule has 0 fully saturated rings. The van der Waals surface area contributed by atoms with Crippen molar-refractivity contribution in [3.05, 3.63) is 53.9 Å². The number of anilines is 1. The van der Waals surface area contributed by atoms with E-state index < -0.39 is 0 Å². The summed E-state index contributed by atoms with van der Waals surface area (Å²) in [5, 5.41) is 3.45. The minimum absolute atomic E-state index is 0.713. The first-order valence-electron chi connectivity index (χ1n) is 7.21. The Balaban J connectivity index is 1.57. The van der Waals surface area contributed by atoms with Gasteiger partial charge in [-0.2, -0.15) is 0 Å². The molecule has 2 heterocycles. The maximum Gasteiger partial charge on any atom is 0.128 e. The standard InChI is InChI=1S/C17H17N3O/c1-20-15-5-3-2-4-14(15)19-17(20)11-18-13-6-7-16-12(10-13)8-9-21-16/h2-7,10,18H,8-9,11H2,1H3. The van der Waals surface area contributed by atoms with Crippen molar-refractivity contribution in [2.24, 2.45) is 7.05 Å². The smallest absolute Gasteiger partial charge is 0.128 e. The molecule has 106 valence electrons. The summed E-state index contributed by atoms with van der Waals surface area (Å²) in [5.41, 5.74) is 4.60. The van der Waals surface area contributed by atoms with E-state index in [4.69, 9.17) is 4.74 Å². The molecule has 0 saturated heterocycles. The molecular formula is C17H17N3O. The van der Waals surface area contributed by atoms with Gasteiger partial charge in [-0.1, -0.05) is 12.1 Å². The molecule has 0 bridgehead atoms. The summed E-state index contributed by atoms with van der Waals surface area (Å²) in [5.74, 6) is 2.05. The van der Waals surface area contributed by atoms with Gasteiger partial charge in [0.05, 0.1) is 24.2 Å². The van der Waals surface area contributed by atoms with Crippen molar-refractivity contribution in [1.29, 1.82) is 0 Å². The highest BCUT2D eigenvalue weighted by atomic mass is 16.5. The van der Waals surface area contributed by atoms with E-state index in [9.17, 15) is 0 Å². The number of ether oxygens (including phenoxy) is 1. The van der Waals surface area contributed by atoms with Crippen LogP contribution in [0.1, 0.15) is 11.4 Å². The molecule has 1 aliphatic heterocycles. The van der Waals surface area contributed by atoms with Gasteiger partial charge in [0.2, 0.25) is 0 Å². The first-order valence-corrected chi connectivity index (χ1v) is 7.21. The van der Waals surface area contributed by atoms with Gasteiger partial charge >= 0.3 is 0 Å². The molecular weight excluding hydrogens is 262 g/mol. The van der Waals surface area contributed by atoms with Crippen molar-refractivity contribution >= 4 is 16.7 Å². The lowest BCUT2D eigenvalue weighted by Gasteiger charge is -2.08. The van der Waals surface area contributed by atoms with Gasteiger partial charge in [0.1, 0.15) is 11.6 Å². The van der Waals surface area contributed by atoms with Gasteiger partial charge in [0.15, 0.2) is 0 Å². The largest absolute Gasteiger partial charge is 0.493 e. The van der Waals surface area contributed by atoms with Crippen LogP contribution >= 0.6 is 0 Å². The number of rotatable bonds is 3. The van der Waals surface area contributed by atoms with Crippen LogP contribution in [0.5, 0.6) is 5.75 Å². The Morgan fingerprint density at radius 2 is 2.14 bits per heavy atom. The fraction of sp³-hybridized carbons (Fsp3) is 0.235. The lowest BCUT2D eigenvalue weighted by atomic mass is 10.1. The average molecular weight is 279 g/mol. The third-order valence-electron chi connectivity index (χ3n) is 4.02. The van der Waals surface area contributed by atoms with Gasteiger partial charge in [0.25, 0.3) is 0 Å². The number of hydrogen-bond donors (Lipinski definition) is 1. The lowest BCUT2D eigenvalue weighted by molar-refractivity contribution is 0.357. The Labute approximate surface area is 123 Å². The number of imidazole rings is 1. The Kier molecular flexibility index (Phi) is 2.81. The predicted molar refractivity (Wildman–Crippen MR) is 83.7 cm³/mol. The Morgan fingerprint density at radius 3 is 3.05 bits per heavy atom. The number of nitrogens with one attached hydrogen (secondary N) is 1. The summed E-state index contributed by atoms with van der Waals surface area (Å²) in [4.78, 5) is 4.68. The van der Waals surface area contributed by atoms with Crippen LogP contribution in [0.15, 0.2) is 42.5 Å². The van der Waals surface area contributed by atoms with Gasteiger partial charge < -0.3 is 14.6 Å². The fourth-order valence-electron chi connectivity index (χ4n) is 2.83. The average Bonchev–Trinajstić information content (AvgIpc) is 3.10. The van der Waals surface area contributed by atoms with Crippen molar-refractivity contribution in [2.45, 2.75) is 13.0 Å². The summed E-state index contributed by atoms with van der Waals surface area (Å²) in [6.45, 7) is 1.51. The van der Waals surface area contributed by atoms with E-state index in [-0.39, 0.29) is 0 Å². The third-order valence-corrected chi connectivity index (χ3v) is 4.02. The molecule has 0 aliphatic carbocycles. The second kappa shape index (κ2) is 4.81. The zero-order chi connectivity index (χ0) is 14.2. The van der Waals surface area contributed by atoms with E-state index in [1.807, 2.05) is 24.3 Å². The zero-order valence-electron chi connectivity index (χ0n) is 12.0. The van der Waals surface area contributed by atoms with Crippen LogP contribution in [-0.4, -0.2) is 16.2 Å². The molecule has 21 heavy (non-hydrogen) atoms. The maximum atomic E-state index is 5.53. The monoisotopic (exact) mass is 279 g/mol. The SMILES string of the molecule is Cn1c(CNc2ccc3c(c2)CCO3)nc2ccccc21. The Morgan fingerprint density at radius 1 is 1.24 bits per heavy atom. The molecule has 0 saturated carbocycles. The number of aromatic nitrogens is 2. The van der Waals surface area contributed by atoms with Crippen LogP contribution in [0.25, 0.3) is 11.0 Å². The summed E-state index contributed by atoms with van der Waals surface area (Å²) in [7, 11) is 2.06. The highest BCUT2D eigenvalue weighted by molar-refractivity contribution is 5.75. The van der Waals surface area contributed by atoms with E-state index in [1.54, 1.807) is 0 Å². The van der Waals surface area contributed by atoms with Crippen LogP contribution in [0, 0.1) is 0 Å². The highest BCUT2D eigenvalue weighted by Crippen LogP contribution is 2.28. The lowest BCUT2D eigenvalue weighted by Crippen LogP contribution is -2.06. The maximum absolute atomic E-state index is 5.53. The number of benzene rings is 2.